The summed E-state index contributed by atoms with van der Waals surface area (Å²) in [4.78, 5) is 38.7. The van der Waals surface area contributed by atoms with E-state index in [1.807, 2.05) is 30.3 Å². The van der Waals surface area contributed by atoms with E-state index in [1.165, 1.54) is 6.08 Å². The van der Waals surface area contributed by atoms with Crippen LogP contribution in [0.15, 0.2) is 79.1 Å². The molecule has 192 valence electrons. The highest BCUT2D eigenvalue weighted by atomic mass is 35.5. The summed E-state index contributed by atoms with van der Waals surface area (Å²) in [5.74, 6) is 0.436. The molecule has 2 N–H and O–H groups in total. The van der Waals surface area contributed by atoms with Gasteiger partial charge in [-0.2, -0.15) is 10.1 Å². The van der Waals surface area contributed by atoms with E-state index in [9.17, 15) is 9.59 Å². The average Bonchev–Trinajstić information content (AvgIpc) is 3.14. The van der Waals surface area contributed by atoms with Gasteiger partial charge in [-0.3, -0.25) is 14.4 Å². The quantitative estimate of drug-likeness (QED) is 0.322. The van der Waals surface area contributed by atoms with Crippen LogP contribution in [-0.2, 0) is 18.3 Å². The highest BCUT2D eigenvalue weighted by Crippen LogP contribution is 2.35. The van der Waals surface area contributed by atoms with Crippen molar-refractivity contribution in [3.8, 4) is 0 Å². The van der Waals surface area contributed by atoms with Crippen molar-refractivity contribution in [2.24, 2.45) is 7.05 Å². The number of hydrogen-bond acceptors (Lipinski definition) is 6. The number of rotatable bonds is 6. The zero-order chi connectivity index (χ0) is 26.6. The second-order valence-electron chi connectivity index (χ2n) is 8.57. The van der Waals surface area contributed by atoms with Gasteiger partial charge < -0.3 is 10.6 Å². The standard InChI is InChI=1S/C27H25ClN8O2/c1-3-8-23(37)30-19-9-7-12-21(15-19)36-25-18(13-14-35(27(36)38)20-10-5-4-6-11-20)16-29-26(32-25)31-22-17-34(2)33-24(22)28/h3-12,15-17H,13-14H2,1-2H3,(H,30,37)(H,29,31,32)/b8-3+. The van der Waals surface area contributed by atoms with Gasteiger partial charge >= 0.3 is 6.03 Å². The molecular weight excluding hydrogens is 504 g/mol. The van der Waals surface area contributed by atoms with Crippen LogP contribution in [-0.4, -0.2) is 38.2 Å². The molecule has 11 heteroatoms. The molecular formula is C27H25ClN8O2. The molecule has 2 aromatic carbocycles. The number of urea groups is 1. The van der Waals surface area contributed by atoms with Crippen LogP contribution in [0.3, 0.4) is 0 Å². The molecule has 0 fully saturated rings. The Hall–Kier alpha value is -4.70. The lowest BCUT2D eigenvalue weighted by molar-refractivity contribution is -0.111. The number of anilines is 6. The summed E-state index contributed by atoms with van der Waals surface area (Å²) in [6.07, 6.45) is 7.06. The normalized spacial score (nSPS) is 13.4. The Balaban J connectivity index is 1.59. The maximum Gasteiger partial charge on any atom is 0.334 e. The minimum absolute atomic E-state index is 0.264. The third-order valence-corrected chi connectivity index (χ3v) is 6.15. The monoisotopic (exact) mass is 528 g/mol. The van der Waals surface area contributed by atoms with Crippen LogP contribution in [0.1, 0.15) is 12.5 Å². The van der Waals surface area contributed by atoms with Gasteiger partial charge in [-0.1, -0.05) is 41.9 Å². The van der Waals surface area contributed by atoms with Crippen LogP contribution in [0.25, 0.3) is 0 Å². The van der Waals surface area contributed by atoms with E-state index >= 15 is 0 Å². The van der Waals surface area contributed by atoms with Crippen molar-refractivity contribution in [2.75, 3.05) is 27.0 Å². The van der Waals surface area contributed by atoms with Gasteiger partial charge in [-0.15, -0.1) is 0 Å². The van der Waals surface area contributed by atoms with Crippen LogP contribution in [0.4, 0.5) is 39.3 Å². The topological polar surface area (TPSA) is 108 Å². The van der Waals surface area contributed by atoms with Crippen LogP contribution in [0, 0.1) is 0 Å². The molecule has 0 saturated carbocycles. The summed E-state index contributed by atoms with van der Waals surface area (Å²) in [6.45, 7) is 2.21. The fourth-order valence-corrected chi connectivity index (χ4v) is 4.39. The number of halogens is 1. The number of carbonyl (C=O) groups excluding carboxylic acids is 2. The summed E-state index contributed by atoms with van der Waals surface area (Å²) in [7, 11) is 1.76. The van der Waals surface area contributed by atoms with Crippen LogP contribution >= 0.6 is 11.6 Å². The molecule has 38 heavy (non-hydrogen) atoms. The summed E-state index contributed by atoms with van der Waals surface area (Å²) < 4.78 is 1.58. The Bertz CT molecular complexity index is 1520. The zero-order valence-electron chi connectivity index (χ0n) is 20.8. The molecule has 0 radical (unpaired) electrons. The number of para-hydroxylation sites is 1. The highest BCUT2D eigenvalue weighted by molar-refractivity contribution is 6.32. The van der Waals surface area contributed by atoms with E-state index in [0.717, 1.165) is 11.3 Å². The van der Waals surface area contributed by atoms with Crippen LogP contribution < -0.4 is 20.4 Å². The summed E-state index contributed by atoms with van der Waals surface area (Å²) >= 11 is 6.22. The predicted octanol–water partition coefficient (Wildman–Crippen LogP) is 5.44. The van der Waals surface area contributed by atoms with Gasteiger partial charge in [-0.25, -0.2) is 14.7 Å². The van der Waals surface area contributed by atoms with Crippen molar-refractivity contribution in [1.82, 2.24) is 19.7 Å². The molecule has 5 rings (SSSR count). The lowest BCUT2D eigenvalue weighted by Gasteiger charge is -2.28. The van der Waals surface area contributed by atoms with Gasteiger partial charge in [-0.05, 0) is 49.8 Å². The second-order valence-corrected chi connectivity index (χ2v) is 8.93. The van der Waals surface area contributed by atoms with Gasteiger partial charge in [0.15, 0.2) is 5.15 Å². The fraction of sp³-hybridized carbons (Fsp3) is 0.148. The number of hydrogen-bond donors (Lipinski definition) is 2. The Morgan fingerprint density at radius 2 is 1.89 bits per heavy atom. The number of allylic oxidation sites excluding steroid dienone is 1. The number of aromatic nitrogens is 4. The zero-order valence-corrected chi connectivity index (χ0v) is 21.6. The van der Waals surface area contributed by atoms with Crippen molar-refractivity contribution < 1.29 is 9.59 Å². The van der Waals surface area contributed by atoms with Gasteiger partial charge in [0.2, 0.25) is 11.9 Å². The van der Waals surface area contributed by atoms with Gasteiger partial charge in [0, 0.05) is 42.9 Å². The van der Waals surface area contributed by atoms with E-state index in [-0.39, 0.29) is 23.0 Å². The molecule has 3 heterocycles. The van der Waals surface area contributed by atoms with Crippen molar-refractivity contribution >= 4 is 58.1 Å². The number of carbonyl (C=O) groups is 2. The minimum atomic E-state index is -0.282. The first kappa shape index (κ1) is 25.0. The molecule has 0 atom stereocenters. The highest BCUT2D eigenvalue weighted by Gasteiger charge is 2.32. The summed E-state index contributed by atoms with van der Waals surface area (Å²) in [5.41, 5.74) is 3.19. The van der Waals surface area contributed by atoms with Crippen LogP contribution in [0.2, 0.25) is 5.15 Å². The number of fused-ring (bicyclic) bond motifs is 1. The SMILES string of the molecule is C/C=C/C(=O)Nc1cccc(N2C(=O)N(c3ccccc3)CCc3cnc(Nc4cn(C)nc4Cl)nc32)c1. The maximum absolute atomic E-state index is 14.1. The van der Waals surface area contributed by atoms with Gasteiger partial charge in [0.25, 0.3) is 0 Å². The number of nitrogens with zero attached hydrogens (tertiary/aromatic N) is 6. The first-order valence-electron chi connectivity index (χ1n) is 12.0. The largest absolute Gasteiger partial charge is 0.334 e. The van der Waals surface area contributed by atoms with Gasteiger partial charge in [0.1, 0.15) is 5.82 Å². The molecule has 1 aliphatic heterocycles. The van der Waals surface area contributed by atoms with E-state index in [2.05, 4.69) is 20.7 Å². The number of nitrogens with one attached hydrogen (secondary N) is 2. The van der Waals surface area contributed by atoms with E-state index in [0.29, 0.717) is 35.8 Å². The second kappa shape index (κ2) is 10.7. The lowest BCUT2D eigenvalue weighted by atomic mass is 10.2. The summed E-state index contributed by atoms with van der Waals surface area (Å²) in [5, 5.41) is 10.3. The number of aryl methyl sites for hydroxylation is 1. The van der Waals surface area contributed by atoms with Crippen molar-refractivity contribution in [3.63, 3.8) is 0 Å². The smallest absolute Gasteiger partial charge is 0.322 e. The number of amides is 3. The fourth-order valence-electron chi connectivity index (χ4n) is 4.17. The Labute approximate surface area is 224 Å². The predicted molar refractivity (Wildman–Crippen MR) is 148 cm³/mol. The Morgan fingerprint density at radius 1 is 1.11 bits per heavy atom. The summed E-state index contributed by atoms with van der Waals surface area (Å²) in [6, 6.07) is 16.3. The molecule has 0 bridgehead atoms. The molecule has 0 unspecified atom stereocenters. The molecule has 4 aromatic rings. The van der Waals surface area contributed by atoms with E-state index < -0.39 is 0 Å². The van der Waals surface area contributed by atoms with Gasteiger partial charge in [0.05, 0.1) is 11.4 Å². The first-order valence-corrected chi connectivity index (χ1v) is 12.3. The van der Waals surface area contributed by atoms with Crippen molar-refractivity contribution in [1.29, 1.82) is 0 Å². The number of benzene rings is 2. The Morgan fingerprint density at radius 3 is 2.63 bits per heavy atom. The Kier molecular flexibility index (Phi) is 7.05. The molecule has 10 nitrogen and oxygen atoms in total. The molecule has 1 aliphatic rings. The molecule has 0 aliphatic carbocycles. The first-order chi connectivity index (χ1) is 18.4. The maximum atomic E-state index is 14.1. The van der Waals surface area contributed by atoms with Crippen molar-refractivity contribution in [2.45, 2.75) is 13.3 Å². The lowest BCUT2D eigenvalue weighted by Crippen LogP contribution is -2.40. The third-order valence-electron chi connectivity index (χ3n) is 5.87. The molecule has 0 spiro atoms. The van der Waals surface area contributed by atoms with E-state index in [1.54, 1.807) is 71.2 Å². The minimum Gasteiger partial charge on any atom is -0.322 e. The van der Waals surface area contributed by atoms with Crippen molar-refractivity contribution in [3.05, 3.63) is 89.9 Å². The third kappa shape index (κ3) is 5.21. The average molecular weight is 529 g/mol. The molecule has 2 aromatic heterocycles. The van der Waals surface area contributed by atoms with Crippen LogP contribution in [0.5, 0.6) is 0 Å². The molecule has 0 saturated heterocycles. The van der Waals surface area contributed by atoms with E-state index in [4.69, 9.17) is 16.6 Å². The molecule has 3 amide bonds.